The molecule has 2 aromatic rings. The van der Waals surface area contributed by atoms with Crippen LogP contribution in [0.4, 0.5) is 0 Å². The van der Waals surface area contributed by atoms with Gasteiger partial charge < -0.3 is 4.74 Å². The Morgan fingerprint density at radius 1 is 1.27 bits per heavy atom. The van der Waals surface area contributed by atoms with Crippen molar-refractivity contribution >= 4 is 0 Å². The van der Waals surface area contributed by atoms with Gasteiger partial charge in [-0.15, -0.1) is 0 Å². The van der Waals surface area contributed by atoms with E-state index < -0.39 is 0 Å². The zero-order valence-electron chi connectivity index (χ0n) is 8.63. The third-order valence-electron chi connectivity index (χ3n) is 2.20. The van der Waals surface area contributed by atoms with Crippen LogP contribution in [0.25, 0.3) is 0 Å². The molecule has 4 heteroatoms. The summed E-state index contributed by atoms with van der Waals surface area (Å²) in [5, 5.41) is 7.78. The van der Waals surface area contributed by atoms with Crippen LogP contribution in [-0.4, -0.2) is 22.1 Å². The first kappa shape index (κ1) is 9.71. The molecule has 0 saturated carbocycles. The van der Waals surface area contributed by atoms with Crippen LogP contribution in [0.2, 0.25) is 0 Å². The number of hydrogen-bond donors (Lipinski definition) is 0. The van der Waals surface area contributed by atoms with Crippen molar-refractivity contribution in [3.8, 4) is 5.88 Å². The number of aromatic nitrogens is 3. The summed E-state index contributed by atoms with van der Waals surface area (Å²) in [6, 6.07) is 10.3. The molecule has 1 aromatic carbocycles. The largest absolute Gasteiger partial charge is 0.479 e. The van der Waals surface area contributed by atoms with E-state index in [1.54, 1.807) is 18.0 Å². The summed E-state index contributed by atoms with van der Waals surface area (Å²) >= 11 is 0. The highest BCUT2D eigenvalue weighted by atomic mass is 16.5. The fourth-order valence-electron chi connectivity index (χ4n) is 1.37. The maximum atomic E-state index is 4.95. The molecule has 0 aliphatic carbocycles. The van der Waals surface area contributed by atoms with Gasteiger partial charge >= 0.3 is 0 Å². The van der Waals surface area contributed by atoms with Gasteiger partial charge in [0.25, 0.3) is 5.88 Å². The lowest BCUT2D eigenvalue weighted by Gasteiger charge is -2.00. The molecular formula is C11H13N3O. The summed E-state index contributed by atoms with van der Waals surface area (Å²) in [6.07, 6.45) is 2.75. The molecule has 78 valence electrons. The Kier molecular flexibility index (Phi) is 2.97. The van der Waals surface area contributed by atoms with E-state index in [0.717, 1.165) is 13.0 Å². The van der Waals surface area contributed by atoms with Gasteiger partial charge in [-0.05, 0) is 12.0 Å². The van der Waals surface area contributed by atoms with Crippen LogP contribution in [-0.2, 0) is 13.0 Å². The summed E-state index contributed by atoms with van der Waals surface area (Å²) in [5.41, 5.74) is 1.30. The van der Waals surface area contributed by atoms with Crippen molar-refractivity contribution < 1.29 is 4.74 Å². The van der Waals surface area contributed by atoms with Gasteiger partial charge in [0.1, 0.15) is 0 Å². The van der Waals surface area contributed by atoms with Gasteiger partial charge in [-0.2, -0.15) is 0 Å². The predicted octanol–water partition coefficient (Wildman–Crippen LogP) is 1.53. The fourth-order valence-corrected chi connectivity index (χ4v) is 1.37. The lowest BCUT2D eigenvalue weighted by atomic mass is 10.1. The Morgan fingerprint density at radius 2 is 2.07 bits per heavy atom. The van der Waals surface area contributed by atoms with E-state index in [2.05, 4.69) is 22.4 Å². The second kappa shape index (κ2) is 4.59. The molecule has 0 bridgehead atoms. The average molecular weight is 203 g/mol. The lowest BCUT2D eigenvalue weighted by Crippen LogP contribution is -2.01. The normalized spacial score (nSPS) is 10.2. The predicted molar refractivity (Wildman–Crippen MR) is 56.7 cm³/mol. The number of rotatable bonds is 4. The molecule has 0 fully saturated rings. The summed E-state index contributed by atoms with van der Waals surface area (Å²) in [5.74, 6) is 0.558. The summed E-state index contributed by atoms with van der Waals surface area (Å²) in [7, 11) is 1.59. The second-order valence-corrected chi connectivity index (χ2v) is 3.26. The van der Waals surface area contributed by atoms with E-state index in [-0.39, 0.29) is 0 Å². The second-order valence-electron chi connectivity index (χ2n) is 3.26. The van der Waals surface area contributed by atoms with E-state index in [1.807, 2.05) is 18.2 Å². The topological polar surface area (TPSA) is 39.9 Å². The fraction of sp³-hybridized carbons (Fsp3) is 0.273. The van der Waals surface area contributed by atoms with Crippen molar-refractivity contribution in [3.05, 3.63) is 42.1 Å². The van der Waals surface area contributed by atoms with Gasteiger partial charge in [0.2, 0.25) is 0 Å². The first-order valence-corrected chi connectivity index (χ1v) is 4.86. The van der Waals surface area contributed by atoms with Gasteiger partial charge in [-0.25, -0.2) is 4.68 Å². The molecule has 0 atom stereocenters. The Balaban J connectivity index is 1.93. The van der Waals surface area contributed by atoms with Crippen molar-refractivity contribution in [2.75, 3.05) is 7.11 Å². The molecule has 0 saturated heterocycles. The monoisotopic (exact) mass is 203 g/mol. The van der Waals surface area contributed by atoms with E-state index >= 15 is 0 Å². The molecular weight excluding hydrogens is 190 g/mol. The maximum absolute atomic E-state index is 4.95. The molecule has 2 rings (SSSR count). The summed E-state index contributed by atoms with van der Waals surface area (Å²) in [6.45, 7) is 0.820. The van der Waals surface area contributed by atoms with Gasteiger partial charge in [-0.1, -0.05) is 40.6 Å². The Morgan fingerprint density at radius 3 is 2.73 bits per heavy atom. The molecule has 1 heterocycles. The van der Waals surface area contributed by atoms with E-state index in [0.29, 0.717) is 5.88 Å². The molecule has 0 aliphatic heterocycles. The zero-order chi connectivity index (χ0) is 10.5. The first-order chi connectivity index (χ1) is 7.38. The number of benzene rings is 1. The van der Waals surface area contributed by atoms with Crippen LogP contribution in [0.15, 0.2) is 36.5 Å². The number of aryl methyl sites for hydroxylation is 2. The van der Waals surface area contributed by atoms with Crippen LogP contribution < -0.4 is 4.74 Å². The molecule has 0 unspecified atom stereocenters. The summed E-state index contributed by atoms with van der Waals surface area (Å²) in [4.78, 5) is 0. The van der Waals surface area contributed by atoms with Crippen molar-refractivity contribution in [2.24, 2.45) is 0 Å². The minimum Gasteiger partial charge on any atom is -0.479 e. The van der Waals surface area contributed by atoms with Crippen LogP contribution in [0, 0.1) is 0 Å². The highest BCUT2D eigenvalue weighted by Gasteiger charge is 1.99. The van der Waals surface area contributed by atoms with E-state index in [4.69, 9.17) is 4.74 Å². The highest BCUT2D eigenvalue weighted by Crippen LogP contribution is 2.04. The number of hydrogen-bond acceptors (Lipinski definition) is 3. The van der Waals surface area contributed by atoms with Gasteiger partial charge in [0.05, 0.1) is 13.3 Å². The Labute approximate surface area is 88.5 Å². The van der Waals surface area contributed by atoms with Crippen LogP contribution in [0.3, 0.4) is 0 Å². The minimum atomic E-state index is 0.558. The third-order valence-corrected chi connectivity index (χ3v) is 2.20. The number of methoxy groups -OCH3 is 1. The van der Waals surface area contributed by atoms with Crippen LogP contribution in [0.1, 0.15) is 5.56 Å². The van der Waals surface area contributed by atoms with Gasteiger partial charge in [0, 0.05) is 6.54 Å². The first-order valence-electron chi connectivity index (χ1n) is 4.86. The Hall–Kier alpha value is -1.84. The molecule has 0 aliphatic rings. The molecule has 0 N–H and O–H groups in total. The van der Waals surface area contributed by atoms with Crippen LogP contribution in [0.5, 0.6) is 5.88 Å². The lowest BCUT2D eigenvalue weighted by molar-refractivity contribution is 0.397. The van der Waals surface area contributed by atoms with Crippen molar-refractivity contribution in [2.45, 2.75) is 13.0 Å². The molecule has 0 radical (unpaired) electrons. The molecule has 0 spiro atoms. The molecule has 0 amide bonds. The van der Waals surface area contributed by atoms with Gasteiger partial charge in [0.15, 0.2) is 0 Å². The van der Waals surface area contributed by atoms with Crippen molar-refractivity contribution in [1.82, 2.24) is 15.0 Å². The van der Waals surface area contributed by atoms with E-state index in [9.17, 15) is 0 Å². The van der Waals surface area contributed by atoms with Crippen molar-refractivity contribution in [3.63, 3.8) is 0 Å². The summed E-state index contributed by atoms with van der Waals surface area (Å²) < 4.78 is 6.74. The quantitative estimate of drug-likeness (QED) is 0.756. The molecule has 1 aromatic heterocycles. The highest BCUT2D eigenvalue weighted by molar-refractivity contribution is 5.14. The number of ether oxygens (including phenoxy) is 1. The third kappa shape index (κ3) is 2.56. The Bertz CT molecular complexity index is 411. The standard InChI is InChI=1S/C11H13N3O/c1-15-11-9-14(13-12-11)8-7-10-5-3-2-4-6-10/h2-6,9H,7-8H2,1H3. The van der Waals surface area contributed by atoms with Gasteiger partial charge in [-0.3, -0.25) is 0 Å². The smallest absolute Gasteiger partial charge is 0.253 e. The number of nitrogens with zero attached hydrogens (tertiary/aromatic N) is 3. The molecule has 15 heavy (non-hydrogen) atoms. The van der Waals surface area contributed by atoms with Crippen LogP contribution >= 0.6 is 0 Å². The minimum absolute atomic E-state index is 0.558. The zero-order valence-corrected chi connectivity index (χ0v) is 8.63. The SMILES string of the molecule is COc1cn(CCc2ccccc2)nn1. The maximum Gasteiger partial charge on any atom is 0.253 e. The van der Waals surface area contributed by atoms with Crippen molar-refractivity contribution in [1.29, 1.82) is 0 Å². The van der Waals surface area contributed by atoms with E-state index in [1.165, 1.54) is 5.56 Å². The molecule has 4 nitrogen and oxygen atoms in total. The average Bonchev–Trinajstić information content (AvgIpc) is 2.76.